The summed E-state index contributed by atoms with van der Waals surface area (Å²) in [7, 11) is -0.273. The number of sulfonamides is 1. The van der Waals surface area contributed by atoms with Crippen molar-refractivity contribution in [1.82, 2.24) is 5.32 Å². The van der Waals surface area contributed by atoms with Crippen molar-refractivity contribution in [3.63, 3.8) is 0 Å². The fourth-order valence-corrected chi connectivity index (χ4v) is 3.12. The minimum absolute atomic E-state index is 0.250. The van der Waals surface area contributed by atoms with Crippen molar-refractivity contribution in [1.29, 1.82) is 0 Å². The largest absolute Gasteiger partial charge is 0.496 e. The lowest BCUT2D eigenvalue weighted by atomic mass is 10.1. The lowest BCUT2D eigenvalue weighted by Gasteiger charge is -2.21. The van der Waals surface area contributed by atoms with Crippen molar-refractivity contribution in [2.45, 2.75) is 26.0 Å². The Morgan fingerprint density at radius 1 is 1.07 bits per heavy atom. The third-order valence-corrected chi connectivity index (χ3v) is 5.55. The van der Waals surface area contributed by atoms with E-state index in [2.05, 4.69) is 5.32 Å². The van der Waals surface area contributed by atoms with Gasteiger partial charge >= 0.3 is 0 Å². The van der Waals surface area contributed by atoms with Crippen molar-refractivity contribution in [2.75, 3.05) is 24.7 Å². The number of hydrogen-bond acceptors (Lipinski definition) is 5. The second-order valence-corrected chi connectivity index (χ2v) is 8.47. The lowest BCUT2D eigenvalue weighted by Crippen LogP contribution is -2.37. The molecule has 2 aromatic carbocycles. The molecule has 8 heteroatoms. The van der Waals surface area contributed by atoms with Gasteiger partial charge in [-0.05, 0) is 44.2 Å². The number of carbonyl (C=O) groups excluding carboxylic acids is 1. The SMILES string of the molecule is COc1ccccc1[C@@H](C)NC(=O)[C@@H](C)Oc1ccc(N(C)S(C)(=O)=O)cc1. The quantitative estimate of drug-likeness (QED) is 0.729. The Morgan fingerprint density at radius 2 is 1.68 bits per heavy atom. The minimum atomic E-state index is -3.33. The van der Waals surface area contributed by atoms with Crippen LogP contribution in [-0.4, -0.2) is 40.8 Å². The van der Waals surface area contributed by atoms with Gasteiger partial charge in [0.1, 0.15) is 11.5 Å². The highest BCUT2D eigenvalue weighted by Gasteiger charge is 2.20. The molecule has 0 saturated heterocycles. The maximum Gasteiger partial charge on any atom is 0.261 e. The molecular weight excluding hydrogens is 380 g/mol. The summed E-state index contributed by atoms with van der Waals surface area (Å²) in [4.78, 5) is 12.5. The van der Waals surface area contributed by atoms with Crippen LogP contribution < -0.4 is 19.1 Å². The predicted molar refractivity (Wildman–Crippen MR) is 109 cm³/mol. The van der Waals surface area contributed by atoms with E-state index in [1.54, 1.807) is 38.3 Å². The van der Waals surface area contributed by atoms with Gasteiger partial charge < -0.3 is 14.8 Å². The number of benzene rings is 2. The fourth-order valence-electron chi connectivity index (χ4n) is 2.62. The van der Waals surface area contributed by atoms with Crippen LogP contribution in [0.1, 0.15) is 25.5 Å². The number of nitrogens with one attached hydrogen (secondary N) is 1. The van der Waals surface area contributed by atoms with Crippen LogP contribution in [0.2, 0.25) is 0 Å². The van der Waals surface area contributed by atoms with Crippen LogP contribution in [0.25, 0.3) is 0 Å². The molecule has 1 N–H and O–H groups in total. The molecule has 0 aliphatic rings. The summed E-state index contributed by atoms with van der Waals surface area (Å²) >= 11 is 0. The summed E-state index contributed by atoms with van der Waals surface area (Å²) in [6.45, 7) is 3.53. The van der Waals surface area contributed by atoms with Gasteiger partial charge in [0.15, 0.2) is 6.10 Å². The molecule has 0 spiro atoms. The maximum atomic E-state index is 12.5. The number of nitrogens with zero attached hydrogens (tertiary/aromatic N) is 1. The van der Waals surface area contributed by atoms with Crippen molar-refractivity contribution in [3.05, 3.63) is 54.1 Å². The van der Waals surface area contributed by atoms with Crippen LogP contribution in [-0.2, 0) is 14.8 Å². The molecule has 0 heterocycles. The van der Waals surface area contributed by atoms with E-state index < -0.39 is 16.1 Å². The number of anilines is 1. The Balaban J connectivity index is 2.00. The van der Waals surface area contributed by atoms with Crippen LogP contribution in [0.5, 0.6) is 11.5 Å². The summed E-state index contributed by atoms with van der Waals surface area (Å²) < 4.78 is 35.3. The maximum absolute atomic E-state index is 12.5. The van der Waals surface area contributed by atoms with Crippen molar-refractivity contribution < 1.29 is 22.7 Å². The van der Waals surface area contributed by atoms with E-state index in [4.69, 9.17) is 9.47 Å². The molecule has 28 heavy (non-hydrogen) atoms. The highest BCUT2D eigenvalue weighted by Crippen LogP contribution is 2.25. The van der Waals surface area contributed by atoms with Crippen molar-refractivity contribution in [2.24, 2.45) is 0 Å². The molecule has 152 valence electrons. The summed E-state index contributed by atoms with van der Waals surface area (Å²) in [5.74, 6) is 0.906. The molecule has 2 rings (SSSR count). The zero-order valence-corrected chi connectivity index (χ0v) is 17.5. The Morgan fingerprint density at radius 3 is 2.25 bits per heavy atom. The highest BCUT2D eigenvalue weighted by molar-refractivity contribution is 7.92. The zero-order chi connectivity index (χ0) is 20.9. The third kappa shape index (κ3) is 5.39. The molecule has 0 saturated carbocycles. The average Bonchev–Trinajstić information content (AvgIpc) is 2.67. The molecule has 0 aliphatic carbocycles. The van der Waals surface area contributed by atoms with Crippen LogP contribution in [0, 0.1) is 0 Å². The molecule has 0 aromatic heterocycles. The Bertz CT molecular complexity index is 912. The van der Waals surface area contributed by atoms with Gasteiger partial charge in [-0.15, -0.1) is 0 Å². The van der Waals surface area contributed by atoms with Crippen LogP contribution in [0.3, 0.4) is 0 Å². The summed E-state index contributed by atoms with van der Waals surface area (Å²) in [6.07, 6.45) is 0.405. The first-order chi connectivity index (χ1) is 13.1. The second kappa shape index (κ2) is 8.97. The molecule has 0 aliphatic heterocycles. The first-order valence-electron chi connectivity index (χ1n) is 8.77. The molecule has 2 aromatic rings. The van der Waals surface area contributed by atoms with Crippen LogP contribution >= 0.6 is 0 Å². The number of hydrogen-bond donors (Lipinski definition) is 1. The molecule has 2 atom stereocenters. The molecule has 0 unspecified atom stereocenters. The Labute approximate surface area is 166 Å². The fraction of sp³-hybridized carbons (Fsp3) is 0.350. The normalized spacial score (nSPS) is 13.3. The number of rotatable bonds is 8. The zero-order valence-electron chi connectivity index (χ0n) is 16.7. The van der Waals surface area contributed by atoms with Crippen molar-refractivity contribution >= 4 is 21.6 Å². The number of carbonyl (C=O) groups is 1. The van der Waals surface area contributed by atoms with Gasteiger partial charge in [0.05, 0.1) is 25.1 Å². The first kappa shape index (κ1) is 21.6. The second-order valence-electron chi connectivity index (χ2n) is 6.46. The predicted octanol–water partition coefficient (Wildman–Crippen LogP) is 2.74. The van der Waals surface area contributed by atoms with Gasteiger partial charge in [-0.1, -0.05) is 18.2 Å². The standard InChI is InChI=1S/C20H26N2O5S/c1-14(18-8-6-7-9-19(18)26-4)21-20(23)15(2)27-17-12-10-16(11-13-17)22(3)28(5,24)25/h6-15H,1-5H3,(H,21,23)/t14-,15-/m1/s1. The monoisotopic (exact) mass is 406 g/mol. The third-order valence-electron chi connectivity index (χ3n) is 4.34. The number of para-hydroxylation sites is 1. The Hall–Kier alpha value is -2.74. The number of amides is 1. The van der Waals surface area contributed by atoms with Gasteiger partial charge in [-0.3, -0.25) is 9.10 Å². The summed E-state index contributed by atoms with van der Waals surface area (Å²) in [5.41, 5.74) is 1.38. The smallest absolute Gasteiger partial charge is 0.261 e. The lowest BCUT2D eigenvalue weighted by molar-refractivity contribution is -0.127. The molecule has 1 amide bonds. The van der Waals surface area contributed by atoms with Crippen molar-refractivity contribution in [3.8, 4) is 11.5 Å². The number of methoxy groups -OCH3 is 1. The van der Waals surface area contributed by atoms with E-state index >= 15 is 0 Å². The van der Waals surface area contributed by atoms with E-state index in [9.17, 15) is 13.2 Å². The van der Waals surface area contributed by atoms with Crippen LogP contribution in [0.15, 0.2) is 48.5 Å². The van der Waals surface area contributed by atoms with E-state index in [1.807, 2.05) is 31.2 Å². The average molecular weight is 407 g/mol. The Kier molecular flexibility index (Phi) is 6.90. The molecular formula is C20H26N2O5S. The van der Waals surface area contributed by atoms with Gasteiger partial charge in [0.25, 0.3) is 5.91 Å². The first-order valence-corrected chi connectivity index (χ1v) is 10.6. The molecule has 0 radical (unpaired) electrons. The van der Waals surface area contributed by atoms with E-state index in [0.717, 1.165) is 11.8 Å². The summed E-state index contributed by atoms with van der Waals surface area (Å²) in [5, 5.41) is 2.91. The summed E-state index contributed by atoms with van der Waals surface area (Å²) in [6, 6.07) is 13.7. The number of ether oxygens (including phenoxy) is 2. The van der Waals surface area contributed by atoms with Gasteiger partial charge in [0.2, 0.25) is 10.0 Å². The van der Waals surface area contributed by atoms with Gasteiger partial charge in [-0.2, -0.15) is 0 Å². The van der Waals surface area contributed by atoms with Gasteiger partial charge in [-0.25, -0.2) is 8.42 Å². The minimum Gasteiger partial charge on any atom is -0.496 e. The molecule has 0 fully saturated rings. The highest BCUT2D eigenvalue weighted by atomic mass is 32.2. The molecule has 7 nitrogen and oxygen atoms in total. The molecule has 0 bridgehead atoms. The van der Waals surface area contributed by atoms with Gasteiger partial charge in [0, 0.05) is 12.6 Å². The van der Waals surface area contributed by atoms with E-state index in [-0.39, 0.29) is 11.9 Å². The topological polar surface area (TPSA) is 84.9 Å². The van der Waals surface area contributed by atoms with E-state index in [1.165, 1.54) is 11.4 Å². The van der Waals surface area contributed by atoms with Crippen LogP contribution in [0.4, 0.5) is 5.69 Å². The van der Waals surface area contributed by atoms with E-state index in [0.29, 0.717) is 17.2 Å².